The number of carbonyl (C=O) groups is 1. The third-order valence-corrected chi connectivity index (χ3v) is 6.76. The number of amides is 1. The van der Waals surface area contributed by atoms with E-state index in [1.807, 2.05) is 30.3 Å². The molecule has 0 aliphatic carbocycles. The highest BCUT2D eigenvalue weighted by molar-refractivity contribution is 9.10. The van der Waals surface area contributed by atoms with Gasteiger partial charge in [0.1, 0.15) is 0 Å². The summed E-state index contributed by atoms with van der Waals surface area (Å²) in [7, 11) is 0. The maximum Gasteiger partial charge on any atom is 0.282 e. The van der Waals surface area contributed by atoms with Crippen LogP contribution >= 0.6 is 39.0 Å². The van der Waals surface area contributed by atoms with Crippen LogP contribution < -0.4 is 10.7 Å². The summed E-state index contributed by atoms with van der Waals surface area (Å²) >= 11 is 6.17. The monoisotopic (exact) mass is 513 g/mol. The Kier molecular flexibility index (Phi) is 6.59. The van der Waals surface area contributed by atoms with Crippen molar-refractivity contribution in [3.05, 3.63) is 92.3 Å². The molecule has 0 fully saturated rings. The predicted octanol–water partition coefficient (Wildman–Crippen LogP) is 4.70. The van der Waals surface area contributed by atoms with Crippen LogP contribution in [0, 0.1) is 6.92 Å². The molecule has 0 atom stereocenters. The molecule has 4 rings (SSSR count). The lowest BCUT2D eigenvalue weighted by molar-refractivity contribution is 0.101. The molecule has 0 aliphatic heterocycles. The number of hydrogen-bond acceptors (Lipinski definition) is 7. The van der Waals surface area contributed by atoms with E-state index in [-0.39, 0.29) is 5.69 Å². The zero-order valence-corrected chi connectivity index (χ0v) is 19.5. The fraction of sp³-hybridized carbons (Fsp3) is 0.0952. The van der Waals surface area contributed by atoms with Crippen molar-refractivity contribution in [2.24, 2.45) is 0 Å². The summed E-state index contributed by atoms with van der Waals surface area (Å²) < 4.78 is 3.12. The van der Waals surface area contributed by atoms with Gasteiger partial charge in [-0.3, -0.25) is 14.9 Å². The largest absolute Gasteiger partial charge is 0.295 e. The van der Waals surface area contributed by atoms with Gasteiger partial charge in [0.2, 0.25) is 10.6 Å². The fourth-order valence-corrected chi connectivity index (χ4v) is 4.68. The Hall–Kier alpha value is -2.82. The van der Waals surface area contributed by atoms with Gasteiger partial charge in [-0.2, -0.15) is 5.10 Å². The molecule has 0 spiro atoms. The first kappa shape index (κ1) is 21.4. The first-order chi connectivity index (χ1) is 15.0. The van der Waals surface area contributed by atoms with E-state index in [2.05, 4.69) is 61.7 Å². The van der Waals surface area contributed by atoms with Gasteiger partial charge >= 0.3 is 0 Å². The van der Waals surface area contributed by atoms with Crippen molar-refractivity contribution in [2.75, 3.05) is 5.32 Å². The molecule has 0 saturated carbocycles. The van der Waals surface area contributed by atoms with Gasteiger partial charge in [0, 0.05) is 22.5 Å². The topological polar surface area (TPSA) is 89.8 Å². The number of hydrogen-bond donors (Lipinski definition) is 1. The van der Waals surface area contributed by atoms with Gasteiger partial charge in [-0.15, -0.1) is 10.2 Å². The lowest BCUT2D eigenvalue weighted by atomic mass is 10.2. The molecule has 0 aliphatic rings. The number of aryl methyl sites for hydroxylation is 1. The molecular formula is C21H16BrN5O2S2. The van der Waals surface area contributed by atoms with Crippen molar-refractivity contribution in [1.82, 2.24) is 20.0 Å². The first-order valence-corrected chi connectivity index (χ1v) is 11.8. The van der Waals surface area contributed by atoms with Crippen LogP contribution in [-0.2, 0) is 5.75 Å². The van der Waals surface area contributed by atoms with Crippen LogP contribution in [0.1, 0.15) is 21.6 Å². The second-order valence-corrected chi connectivity index (χ2v) is 9.67. The van der Waals surface area contributed by atoms with Crippen LogP contribution in [0.15, 0.2) is 74.4 Å². The normalized spacial score (nSPS) is 10.8. The Bertz CT molecular complexity index is 1290. The van der Waals surface area contributed by atoms with E-state index in [4.69, 9.17) is 0 Å². The van der Waals surface area contributed by atoms with Crippen molar-refractivity contribution in [3.8, 4) is 5.69 Å². The van der Waals surface area contributed by atoms with Crippen LogP contribution in [0.2, 0.25) is 0 Å². The van der Waals surface area contributed by atoms with Gasteiger partial charge in [0.25, 0.3) is 5.91 Å². The highest BCUT2D eigenvalue weighted by atomic mass is 79.9. The molecule has 1 amide bonds. The standard InChI is InChI=1S/C21H16BrN5O2S2/c1-13-3-2-4-14(11-13)12-30-21-25-24-20(31-21)23-19(29)18-17(28)9-10-27(26-18)16-7-5-15(22)6-8-16/h2-11H,12H2,1H3,(H,23,24,29). The van der Waals surface area contributed by atoms with Crippen molar-refractivity contribution >= 4 is 50.1 Å². The molecule has 10 heteroatoms. The number of thioether (sulfide) groups is 1. The summed E-state index contributed by atoms with van der Waals surface area (Å²) in [5.41, 5.74) is 2.43. The number of anilines is 1. The minimum absolute atomic E-state index is 0.213. The minimum atomic E-state index is -0.622. The Balaban J connectivity index is 1.45. The zero-order chi connectivity index (χ0) is 21.8. The number of benzene rings is 2. The lowest BCUT2D eigenvalue weighted by Crippen LogP contribution is -2.25. The Morgan fingerprint density at radius 3 is 2.74 bits per heavy atom. The van der Waals surface area contributed by atoms with E-state index in [1.165, 1.54) is 51.2 Å². The summed E-state index contributed by atoms with van der Waals surface area (Å²) in [5.74, 6) is 0.130. The third kappa shape index (κ3) is 5.46. The van der Waals surface area contributed by atoms with E-state index in [0.717, 1.165) is 20.3 Å². The molecule has 0 radical (unpaired) electrons. The van der Waals surface area contributed by atoms with Crippen LogP contribution in [0.25, 0.3) is 5.69 Å². The van der Waals surface area contributed by atoms with Gasteiger partial charge in [0.15, 0.2) is 10.0 Å². The van der Waals surface area contributed by atoms with E-state index >= 15 is 0 Å². The molecule has 7 nitrogen and oxygen atoms in total. The van der Waals surface area contributed by atoms with Crippen LogP contribution in [0.4, 0.5) is 5.13 Å². The number of aromatic nitrogens is 4. The number of rotatable bonds is 6. The molecule has 0 unspecified atom stereocenters. The Morgan fingerprint density at radius 1 is 1.16 bits per heavy atom. The first-order valence-electron chi connectivity index (χ1n) is 9.17. The van der Waals surface area contributed by atoms with Crippen molar-refractivity contribution in [3.63, 3.8) is 0 Å². The molecule has 31 heavy (non-hydrogen) atoms. The van der Waals surface area contributed by atoms with Crippen molar-refractivity contribution in [1.29, 1.82) is 0 Å². The lowest BCUT2D eigenvalue weighted by Gasteiger charge is -2.07. The summed E-state index contributed by atoms with van der Waals surface area (Å²) in [6.07, 6.45) is 1.52. The third-order valence-electron chi connectivity index (χ3n) is 4.19. The molecule has 2 aromatic heterocycles. The molecule has 156 valence electrons. The summed E-state index contributed by atoms with van der Waals surface area (Å²) in [5, 5.41) is 15.2. The maximum absolute atomic E-state index is 12.6. The highest BCUT2D eigenvalue weighted by Gasteiger charge is 2.16. The quantitative estimate of drug-likeness (QED) is 0.297. The average Bonchev–Trinajstić information content (AvgIpc) is 3.20. The summed E-state index contributed by atoms with van der Waals surface area (Å²) in [4.78, 5) is 24.8. The van der Waals surface area contributed by atoms with E-state index in [1.54, 1.807) is 0 Å². The highest BCUT2D eigenvalue weighted by Crippen LogP contribution is 2.28. The van der Waals surface area contributed by atoms with E-state index in [9.17, 15) is 9.59 Å². The van der Waals surface area contributed by atoms with Crippen LogP contribution in [-0.4, -0.2) is 25.9 Å². The average molecular weight is 514 g/mol. The second kappa shape index (κ2) is 9.54. The van der Waals surface area contributed by atoms with Crippen molar-refractivity contribution < 1.29 is 4.79 Å². The van der Waals surface area contributed by atoms with Gasteiger partial charge in [-0.1, -0.05) is 68.9 Å². The van der Waals surface area contributed by atoms with Gasteiger partial charge in [0.05, 0.1) is 5.69 Å². The minimum Gasteiger partial charge on any atom is -0.295 e. The molecule has 0 saturated heterocycles. The maximum atomic E-state index is 12.6. The van der Waals surface area contributed by atoms with Crippen LogP contribution in [0.3, 0.4) is 0 Å². The molecular weight excluding hydrogens is 498 g/mol. The van der Waals surface area contributed by atoms with Crippen molar-refractivity contribution in [2.45, 2.75) is 17.0 Å². The van der Waals surface area contributed by atoms with E-state index in [0.29, 0.717) is 5.13 Å². The second-order valence-electron chi connectivity index (χ2n) is 6.55. The van der Waals surface area contributed by atoms with Gasteiger partial charge < -0.3 is 0 Å². The molecule has 1 N–H and O–H groups in total. The molecule has 4 aromatic rings. The van der Waals surface area contributed by atoms with Gasteiger partial charge in [-0.25, -0.2) is 4.68 Å². The predicted molar refractivity (Wildman–Crippen MR) is 126 cm³/mol. The number of nitrogens with one attached hydrogen (secondary N) is 1. The zero-order valence-electron chi connectivity index (χ0n) is 16.3. The van der Waals surface area contributed by atoms with Crippen LogP contribution in [0.5, 0.6) is 0 Å². The van der Waals surface area contributed by atoms with Gasteiger partial charge in [-0.05, 0) is 36.8 Å². The Morgan fingerprint density at radius 2 is 1.97 bits per heavy atom. The fourth-order valence-electron chi connectivity index (χ4n) is 2.72. The summed E-state index contributed by atoms with van der Waals surface area (Å²) in [6, 6.07) is 16.9. The smallest absolute Gasteiger partial charge is 0.282 e. The summed E-state index contributed by atoms with van der Waals surface area (Å²) in [6.45, 7) is 2.05. The molecule has 2 aromatic carbocycles. The number of halogens is 1. The number of carbonyl (C=O) groups excluding carboxylic acids is 1. The molecule has 2 heterocycles. The molecule has 0 bridgehead atoms. The SMILES string of the molecule is Cc1cccc(CSc2nnc(NC(=O)c3nn(-c4ccc(Br)cc4)ccc3=O)s2)c1. The number of nitrogens with zero attached hydrogens (tertiary/aromatic N) is 4. The Labute approximate surface area is 194 Å². The van der Waals surface area contributed by atoms with E-state index < -0.39 is 11.3 Å².